The molecule has 1 rings (SSSR count). The van der Waals surface area contributed by atoms with Gasteiger partial charge in [0.25, 0.3) is 0 Å². The first-order chi connectivity index (χ1) is 8.36. The topological polar surface area (TPSA) is 29.1 Å². The smallest absolute Gasteiger partial charge is 0.193 e. The summed E-state index contributed by atoms with van der Waals surface area (Å²) in [5.74, 6) is -0.112. The van der Waals surface area contributed by atoms with E-state index in [2.05, 4.69) is 37.6 Å². The van der Waals surface area contributed by atoms with Crippen LogP contribution in [-0.2, 0) is 4.79 Å². The molecule has 0 saturated carbocycles. The van der Waals surface area contributed by atoms with E-state index in [-0.39, 0.29) is 11.0 Å². The maximum Gasteiger partial charge on any atom is 0.193 e. The van der Waals surface area contributed by atoms with Gasteiger partial charge < -0.3 is 5.32 Å². The Kier molecular flexibility index (Phi) is 5.63. The van der Waals surface area contributed by atoms with Crippen LogP contribution in [0.5, 0.6) is 0 Å². The molecule has 0 aromatic heterocycles. The molecule has 1 aromatic carbocycles. The lowest BCUT2D eigenvalue weighted by Crippen LogP contribution is -2.48. The number of rotatable bonds is 6. The van der Waals surface area contributed by atoms with Crippen molar-refractivity contribution < 1.29 is 4.79 Å². The van der Waals surface area contributed by atoms with Crippen molar-refractivity contribution in [2.45, 2.75) is 37.6 Å². The lowest BCUT2D eigenvalue weighted by atomic mass is 9.97. The average Bonchev–Trinajstić information content (AvgIpc) is 2.29. The SMILES string of the molecule is CNC(CC(C(=O)S)c1ccccc1)[Si](C)(C)C. The van der Waals surface area contributed by atoms with Gasteiger partial charge in [0.05, 0.1) is 14.0 Å². The summed E-state index contributed by atoms with van der Waals surface area (Å²) < 4.78 is 0. The number of carbonyl (C=O) groups is 1. The lowest BCUT2D eigenvalue weighted by Gasteiger charge is -2.31. The average molecular weight is 281 g/mol. The van der Waals surface area contributed by atoms with Crippen LogP contribution in [0.1, 0.15) is 17.9 Å². The van der Waals surface area contributed by atoms with Crippen molar-refractivity contribution >= 4 is 25.8 Å². The van der Waals surface area contributed by atoms with Gasteiger partial charge in [0, 0.05) is 5.67 Å². The molecule has 0 aliphatic carbocycles. The van der Waals surface area contributed by atoms with Crippen molar-refractivity contribution in [1.82, 2.24) is 5.32 Å². The number of thiol groups is 1. The van der Waals surface area contributed by atoms with Gasteiger partial charge in [-0.05, 0) is 19.0 Å². The van der Waals surface area contributed by atoms with Crippen molar-refractivity contribution in [3.63, 3.8) is 0 Å². The van der Waals surface area contributed by atoms with Crippen LogP contribution in [0.15, 0.2) is 30.3 Å². The summed E-state index contributed by atoms with van der Waals surface area (Å²) in [6.07, 6.45) is 0.832. The van der Waals surface area contributed by atoms with Crippen LogP contribution in [-0.4, -0.2) is 25.9 Å². The molecule has 0 saturated heterocycles. The maximum atomic E-state index is 11.8. The molecule has 4 heteroatoms. The summed E-state index contributed by atoms with van der Waals surface area (Å²) in [5.41, 5.74) is 1.48. The number of benzene rings is 1. The highest BCUT2D eigenvalue weighted by Gasteiger charge is 2.30. The quantitative estimate of drug-likeness (QED) is 0.620. The highest BCUT2D eigenvalue weighted by Crippen LogP contribution is 2.26. The molecule has 0 spiro atoms. The predicted octanol–water partition coefficient (Wildman–Crippen LogP) is 3.08. The van der Waals surface area contributed by atoms with Gasteiger partial charge in [0.2, 0.25) is 0 Å². The van der Waals surface area contributed by atoms with Gasteiger partial charge in [-0.3, -0.25) is 4.79 Å². The van der Waals surface area contributed by atoms with E-state index in [1.54, 1.807) is 0 Å². The summed E-state index contributed by atoms with van der Waals surface area (Å²) in [6, 6.07) is 9.94. The molecule has 0 aliphatic heterocycles. The highest BCUT2D eigenvalue weighted by molar-refractivity contribution is 7.96. The minimum Gasteiger partial charge on any atom is -0.320 e. The van der Waals surface area contributed by atoms with E-state index < -0.39 is 8.07 Å². The van der Waals surface area contributed by atoms with Crippen LogP contribution in [0.3, 0.4) is 0 Å². The number of carbonyl (C=O) groups excluding carboxylic acids is 1. The standard InChI is InChI=1S/C14H23NOSSi/c1-15-13(18(2,3)4)10-12(14(16)17)11-8-6-5-7-9-11/h5-9,12-13,15H,10H2,1-4H3,(H,16,17). The fourth-order valence-corrected chi connectivity index (χ4v) is 4.27. The minimum atomic E-state index is -1.33. The summed E-state index contributed by atoms with van der Waals surface area (Å²) in [5, 5.41) is 3.33. The zero-order chi connectivity index (χ0) is 13.8. The second-order valence-electron chi connectivity index (χ2n) is 5.74. The molecule has 0 radical (unpaired) electrons. The number of hydrogen-bond acceptors (Lipinski definition) is 2. The highest BCUT2D eigenvalue weighted by atomic mass is 32.1. The molecular weight excluding hydrogens is 258 g/mol. The first-order valence-electron chi connectivity index (χ1n) is 6.31. The zero-order valence-electron chi connectivity index (χ0n) is 11.6. The van der Waals surface area contributed by atoms with Gasteiger partial charge in [-0.2, -0.15) is 0 Å². The third-order valence-corrected chi connectivity index (χ3v) is 6.29. The van der Waals surface area contributed by atoms with E-state index in [0.29, 0.717) is 5.67 Å². The summed E-state index contributed by atoms with van der Waals surface area (Å²) >= 11 is 4.06. The third kappa shape index (κ3) is 4.26. The second-order valence-corrected chi connectivity index (χ2v) is 11.6. The summed E-state index contributed by atoms with van der Waals surface area (Å²) in [6.45, 7) is 6.96. The predicted molar refractivity (Wildman–Crippen MR) is 84.0 cm³/mol. The van der Waals surface area contributed by atoms with Gasteiger partial charge in [0.15, 0.2) is 5.12 Å². The molecule has 2 nitrogen and oxygen atoms in total. The lowest BCUT2D eigenvalue weighted by molar-refractivity contribution is -0.112. The third-order valence-electron chi connectivity index (χ3n) is 3.37. The Hall–Kier alpha value is -0.583. The van der Waals surface area contributed by atoms with Gasteiger partial charge in [-0.1, -0.05) is 50.0 Å². The fourth-order valence-electron chi connectivity index (χ4n) is 2.20. The van der Waals surface area contributed by atoms with Gasteiger partial charge >= 0.3 is 0 Å². The number of hydrogen-bond donors (Lipinski definition) is 2. The summed E-state index contributed by atoms with van der Waals surface area (Å²) in [7, 11) is 0.655. The van der Waals surface area contributed by atoms with Gasteiger partial charge in [-0.15, -0.1) is 12.6 Å². The Bertz CT molecular complexity index is 389. The van der Waals surface area contributed by atoms with Crippen molar-refractivity contribution in [1.29, 1.82) is 0 Å². The molecule has 2 atom stereocenters. The molecule has 100 valence electrons. The van der Waals surface area contributed by atoms with Crippen LogP contribution < -0.4 is 5.32 Å². The second kappa shape index (κ2) is 6.54. The first-order valence-corrected chi connectivity index (χ1v) is 10.3. The van der Waals surface area contributed by atoms with Crippen molar-refractivity contribution in [3.8, 4) is 0 Å². The molecule has 0 aliphatic rings. The molecule has 1 aromatic rings. The molecule has 0 bridgehead atoms. The fraction of sp³-hybridized carbons (Fsp3) is 0.500. The van der Waals surface area contributed by atoms with E-state index in [4.69, 9.17) is 0 Å². The Labute approximate surface area is 117 Å². The van der Waals surface area contributed by atoms with Crippen LogP contribution >= 0.6 is 12.6 Å². The van der Waals surface area contributed by atoms with Gasteiger partial charge in [-0.25, -0.2) is 0 Å². The molecule has 1 N–H and O–H groups in total. The normalized spacial score (nSPS) is 15.2. The van der Waals surface area contributed by atoms with E-state index in [0.717, 1.165) is 12.0 Å². The van der Waals surface area contributed by atoms with Crippen LogP contribution in [0.25, 0.3) is 0 Å². The van der Waals surface area contributed by atoms with Crippen LogP contribution in [0.2, 0.25) is 19.6 Å². The van der Waals surface area contributed by atoms with E-state index in [1.807, 2.05) is 37.4 Å². The Morgan fingerprint density at radius 2 is 1.83 bits per heavy atom. The molecule has 0 fully saturated rings. The molecule has 2 unspecified atom stereocenters. The largest absolute Gasteiger partial charge is 0.320 e. The summed E-state index contributed by atoms with van der Waals surface area (Å²) in [4.78, 5) is 11.8. The van der Waals surface area contributed by atoms with Gasteiger partial charge in [0.1, 0.15) is 0 Å². The van der Waals surface area contributed by atoms with Crippen LogP contribution in [0, 0.1) is 0 Å². The Morgan fingerprint density at radius 3 is 2.22 bits per heavy atom. The Morgan fingerprint density at radius 1 is 1.28 bits per heavy atom. The maximum absolute atomic E-state index is 11.8. The zero-order valence-corrected chi connectivity index (χ0v) is 13.5. The van der Waals surface area contributed by atoms with Crippen LogP contribution in [0.4, 0.5) is 0 Å². The van der Waals surface area contributed by atoms with Crippen molar-refractivity contribution in [2.24, 2.45) is 0 Å². The molecular formula is C14H23NOSSi. The molecule has 0 heterocycles. The monoisotopic (exact) mass is 281 g/mol. The van der Waals surface area contributed by atoms with E-state index in [1.165, 1.54) is 0 Å². The molecule has 18 heavy (non-hydrogen) atoms. The number of nitrogens with one attached hydrogen (secondary N) is 1. The van der Waals surface area contributed by atoms with Crippen molar-refractivity contribution in [2.75, 3.05) is 7.05 Å². The van der Waals surface area contributed by atoms with E-state index in [9.17, 15) is 4.79 Å². The van der Waals surface area contributed by atoms with Crippen molar-refractivity contribution in [3.05, 3.63) is 35.9 Å². The first kappa shape index (κ1) is 15.5. The minimum absolute atomic E-state index is 0.0419. The van der Waals surface area contributed by atoms with E-state index >= 15 is 0 Å². The molecule has 0 amide bonds. The Balaban J connectivity index is 2.91.